The maximum absolute atomic E-state index is 12.2. The van der Waals surface area contributed by atoms with E-state index in [4.69, 9.17) is 0 Å². The van der Waals surface area contributed by atoms with Crippen molar-refractivity contribution in [3.63, 3.8) is 0 Å². The first-order valence-electron chi connectivity index (χ1n) is 6.68. The average molecular weight is 375 g/mol. The van der Waals surface area contributed by atoms with Crippen molar-refractivity contribution in [3.05, 3.63) is 49.4 Å². The van der Waals surface area contributed by atoms with Gasteiger partial charge in [0.15, 0.2) is 4.90 Å². The van der Waals surface area contributed by atoms with Crippen LogP contribution >= 0.6 is 23.1 Å². The van der Waals surface area contributed by atoms with Crippen LogP contribution in [-0.4, -0.2) is 29.8 Å². The Bertz CT molecular complexity index is 882. The van der Waals surface area contributed by atoms with Crippen molar-refractivity contribution in [1.29, 1.82) is 0 Å². The predicted octanol–water partition coefficient (Wildman–Crippen LogP) is 0.357. The topological polar surface area (TPSA) is 90.2 Å². The Balaban J connectivity index is 1.99. The Kier molecular flexibility index (Phi) is 5.84. The molecule has 0 aliphatic heterocycles. The van der Waals surface area contributed by atoms with Crippen LogP contribution in [0, 0.1) is 0 Å². The van der Waals surface area contributed by atoms with E-state index in [1.807, 2.05) is 16.8 Å². The zero-order valence-electron chi connectivity index (χ0n) is 12.7. The van der Waals surface area contributed by atoms with Gasteiger partial charge in [-0.05, 0) is 22.4 Å². The minimum absolute atomic E-state index is 0.211. The van der Waals surface area contributed by atoms with E-state index in [2.05, 4.69) is 4.72 Å². The van der Waals surface area contributed by atoms with Gasteiger partial charge < -0.3 is 4.57 Å². The van der Waals surface area contributed by atoms with Crippen LogP contribution in [0.25, 0.3) is 0 Å². The minimum atomic E-state index is -3.94. The van der Waals surface area contributed by atoms with E-state index in [1.54, 1.807) is 23.1 Å². The Morgan fingerprint density at radius 3 is 2.70 bits per heavy atom. The number of hydrogen-bond donors (Lipinski definition) is 1. The maximum Gasteiger partial charge on any atom is 0.330 e. The molecule has 7 nitrogen and oxygen atoms in total. The summed E-state index contributed by atoms with van der Waals surface area (Å²) in [7, 11) is -1.29. The van der Waals surface area contributed by atoms with Crippen molar-refractivity contribution in [1.82, 2.24) is 13.9 Å². The minimum Gasteiger partial charge on any atom is -0.302 e. The summed E-state index contributed by atoms with van der Waals surface area (Å²) in [5.41, 5.74) is -0.193. The molecular formula is C13H17N3O4S3. The lowest BCUT2D eigenvalue weighted by Crippen LogP contribution is -2.41. The van der Waals surface area contributed by atoms with Crippen LogP contribution in [0.15, 0.2) is 37.5 Å². The van der Waals surface area contributed by atoms with Gasteiger partial charge in [0.2, 0.25) is 10.0 Å². The van der Waals surface area contributed by atoms with E-state index in [0.717, 1.165) is 21.1 Å². The number of nitrogens with one attached hydrogen (secondary N) is 1. The number of thiophene rings is 1. The Morgan fingerprint density at radius 1 is 1.30 bits per heavy atom. The summed E-state index contributed by atoms with van der Waals surface area (Å²) in [5, 5.41) is 4.04. The quantitative estimate of drug-likeness (QED) is 0.706. The Hall–Kier alpha value is -1.36. The zero-order valence-corrected chi connectivity index (χ0v) is 15.1. The van der Waals surface area contributed by atoms with Crippen molar-refractivity contribution < 1.29 is 8.42 Å². The molecule has 2 aromatic heterocycles. The fourth-order valence-electron chi connectivity index (χ4n) is 1.85. The highest BCUT2D eigenvalue weighted by atomic mass is 32.2. The molecule has 10 heteroatoms. The monoisotopic (exact) mass is 375 g/mol. The lowest BCUT2D eigenvalue weighted by Gasteiger charge is -2.09. The van der Waals surface area contributed by atoms with E-state index in [-0.39, 0.29) is 6.54 Å². The first kappa shape index (κ1) is 18.0. The summed E-state index contributed by atoms with van der Waals surface area (Å²) in [5.74, 6) is 1.40. The number of aromatic nitrogens is 2. The summed E-state index contributed by atoms with van der Waals surface area (Å²) in [6, 6.07) is 2.02. The van der Waals surface area contributed by atoms with E-state index in [1.165, 1.54) is 19.7 Å². The van der Waals surface area contributed by atoms with Crippen molar-refractivity contribution in [2.75, 3.05) is 12.3 Å². The van der Waals surface area contributed by atoms with E-state index >= 15 is 0 Å². The summed E-state index contributed by atoms with van der Waals surface area (Å²) < 4.78 is 28.7. The van der Waals surface area contributed by atoms with Gasteiger partial charge in [-0.1, -0.05) is 0 Å². The molecule has 2 rings (SSSR count). The van der Waals surface area contributed by atoms with Crippen LogP contribution in [0.3, 0.4) is 0 Å². The second-order valence-electron chi connectivity index (χ2n) is 4.83. The molecule has 1 N–H and O–H groups in total. The standard InChI is InChI=1S/C13H17N3O4S3/c1-15-7-11(12(17)16(2)13(15)18)23(19,20)14-4-6-22-9-10-3-5-21-8-10/h3,5,7-8,14H,4,6,9H2,1-2H3. The first-order chi connectivity index (χ1) is 10.8. The van der Waals surface area contributed by atoms with Gasteiger partial charge in [0.25, 0.3) is 5.56 Å². The van der Waals surface area contributed by atoms with Gasteiger partial charge in [0, 0.05) is 38.3 Å². The molecular weight excluding hydrogens is 358 g/mol. The van der Waals surface area contributed by atoms with Crippen LogP contribution < -0.4 is 16.0 Å². The average Bonchev–Trinajstić information content (AvgIpc) is 3.01. The van der Waals surface area contributed by atoms with Gasteiger partial charge >= 0.3 is 5.69 Å². The molecule has 0 amide bonds. The molecule has 0 saturated heterocycles. The molecule has 0 bridgehead atoms. The molecule has 0 fully saturated rings. The lowest BCUT2D eigenvalue weighted by molar-refractivity contribution is 0.573. The third-order valence-electron chi connectivity index (χ3n) is 3.09. The number of thioether (sulfide) groups is 1. The molecule has 0 unspecified atom stereocenters. The summed E-state index contributed by atoms with van der Waals surface area (Å²) in [6.07, 6.45) is 1.05. The van der Waals surface area contributed by atoms with Gasteiger partial charge in [-0.3, -0.25) is 9.36 Å². The van der Waals surface area contributed by atoms with Crippen LogP contribution in [0.2, 0.25) is 0 Å². The summed E-state index contributed by atoms with van der Waals surface area (Å²) in [6.45, 7) is 0.211. The second kappa shape index (κ2) is 7.47. The molecule has 2 aromatic rings. The van der Waals surface area contributed by atoms with E-state index in [0.29, 0.717) is 5.75 Å². The molecule has 23 heavy (non-hydrogen) atoms. The smallest absolute Gasteiger partial charge is 0.302 e. The molecule has 0 aromatic carbocycles. The fourth-order valence-corrected chi connectivity index (χ4v) is 4.75. The van der Waals surface area contributed by atoms with Crippen molar-refractivity contribution in [2.24, 2.45) is 14.1 Å². The fraction of sp³-hybridized carbons (Fsp3) is 0.385. The van der Waals surface area contributed by atoms with Gasteiger partial charge in [-0.25, -0.2) is 17.9 Å². The third-order valence-corrected chi connectivity index (χ3v) is 6.30. The van der Waals surface area contributed by atoms with Gasteiger partial charge in [-0.15, -0.1) is 0 Å². The molecule has 0 spiro atoms. The van der Waals surface area contributed by atoms with Gasteiger partial charge in [0.1, 0.15) is 0 Å². The van der Waals surface area contributed by atoms with Crippen LogP contribution in [-0.2, 0) is 29.9 Å². The zero-order chi connectivity index (χ0) is 17.0. The highest BCUT2D eigenvalue weighted by Gasteiger charge is 2.20. The lowest BCUT2D eigenvalue weighted by atomic mass is 10.4. The number of aryl methyl sites for hydroxylation is 1. The van der Waals surface area contributed by atoms with Crippen molar-refractivity contribution in [2.45, 2.75) is 10.6 Å². The number of rotatable bonds is 7. The SMILES string of the molecule is Cn1cc(S(=O)(=O)NCCSCc2ccsc2)c(=O)n(C)c1=O. The van der Waals surface area contributed by atoms with E-state index in [9.17, 15) is 18.0 Å². The molecule has 0 aliphatic carbocycles. The predicted molar refractivity (Wildman–Crippen MR) is 92.6 cm³/mol. The van der Waals surface area contributed by atoms with Gasteiger partial charge in [-0.2, -0.15) is 23.1 Å². The Labute approximate surface area is 142 Å². The highest BCUT2D eigenvalue weighted by molar-refractivity contribution is 7.98. The van der Waals surface area contributed by atoms with E-state index < -0.39 is 26.2 Å². The largest absolute Gasteiger partial charge is 0.330 e. The Morgan fingerprint density at radius 2 is 2.04 bits per heavy atom. The molecule has 0 saturated carbocycles. The normalized spacial score (nSPS) is 11.7. The molecule has 0 atom stereocenters. The maximum atomic E-state index is 12.2. The summed E-state index contributed by atoms with van der Waals surface area (Å²) >= 11 is 3.22. The highest BCUT2D eigenvalue weighted by Crippen LogP contribution is 2.14. The van der Waals surface area contributed by atoms with Gasteiger partial charge in [0.05, 0.1) is 0 Å². The van der Waals surface area contributed by atoms with Crippen molar-refractivity contribution >= 4 is 33.1 Å². The summed E-state index contributed by atoms with van der Waals surface area (Å²) in [4.78, 5) is 23.1. The van der Waals surface area contributed by atoms with Crippen LogP contribution in [0.4, 0.5) is 0 Å². The van der Waals surface area contributed by atoms with Crippen LogP contribution in [0.1, 0.15) is 5.56 Å². The molecule has 0 aliphatic rings. The number of hydrogen-bond acceptors (Lipinski definition) is 6. The number of nitrogens with zero attached hydrogens (tertiary/aromatic N) is 2. The molecule has 2 heterocycles. The van der Waals surface area contributed by atoms with Crippen LogP contribution in [0.5, 0.6) is 0 Å². The number of sulfonamides is 1. The second-order valence-corrected chi connectivity index (χ2v) is 8.45. The molecule has 126 valence electrons. The molecule has 0 radical (unpaired) electrons. The first-order valence-corrected chi connectivity index (χ1v) is 10.3. The van der Waals surface area contributed by atoms with Crippen molar-refractivity contribution in [3.8, 4) is 0 Å². The third kappa shape index (κ3) is 4.34.